The Kier molecular flexibility index (Phi) is 7.86. The number of nitrogens with one attached hydrogen (secondary N) is 1. The molecule has 0 amide bonds. The van der Waals surface area contributed by atoms with Gasteiger partial charge in [-0.1, -0.05) is 26.0 Å². The zero-order valence-corrected chi connectivity index (χ0v) is 14.1. The van der Waals surface area contributed by atoms with Gasteiger partial charge in [0.2, 0.25) is 0 Å². The third kappa shape index (κ3) is 7.55. The topological polar surface area (TPSA) is 18.5 Å². The van der Waals surface area contributed by atoms with Gasteiger partial charge in [0.25, 0.3) is 0 Å². The molecule has 0 radical (unpaired) electrons. The fraction of sp³-hybridized carbons (Fsp3) is 0.647. The average molecular weight is 295 g/mol. The van der Waals surface area contributed by atoms with Crippen molar-refractivity contribution in [2.24, 2.45) is 0 Å². The van der Waals surface area contributed by atoms with Gasteiger partial charge in [-0.3, -0.25) is 0 Å². The summed E-state index contributed by atoms with van der Waals surface area (Å²) < 4.78 is 13.9. The van der Waals surface area contributed by atoms with Crippen LogP contribution in [0.2, 0.25) is 0 Å². The first-order valence-corrected chi connectivity index (χ1v) is 7.72. The summed E-state index contributed by atoms with van der Waals surface area (Å²) >= 11 is 0. The van der Waals surface area contributed by atoms with Crippen LogP contribution in [0, 0.1) is 5.82 Å². The second kappa shape index (κ2) is 9.13. The lowest BCUT2D eigenvalue weighted by atomic mass is 10.1. The molecule has 0 unspecified atom stereocenters. The van der Waals surface area contributed by atoms with E-state index in [0.29, 0.717) is 12.6 Å². The smallest absolute Gasteiger partial charge is 0.127 e. The highest BCUT2D eigenvalue weighted by atomic mass is 19.1. The Morgan fingerprint density at radius 3 is 2.48 bits per heavy atom. The largest absolute Gasteiger partial charge is 0.310 e. The first-order valence-electron chi connectivity index (χ1n) is 7.72. The molecule has 1 N–H and O–H groups in total. The van der Waals surface area contributed by atoms with E-state index in [1.165, 1.54) is 0 Å². The Labute approximate surface area is 129 Å². The van der Waals surface area contributed by atoms with Crippen LogP contribution in [0.1, 0.15) is 31.4 Å². The summed E-state index contributed by atoms with van der Waals surface area (Å²) in [6.45, 7) is 7.72. The number of hydrogen-bond donors (Lipinski definition) is 1. The first-order chi connectivity index (χ1) is 9.88. The van der Waals surface area contributed by atoms with E-state index in [9.17, 15) is 4.39 Å². The molecular weight excluding hydrogens is 265 g/mol. The van der Waals surface area contributed by atoms with E-state index < -0.39 is 0 Å². The van der Waals surface area contributed by atoms with E-state index in [1.807, 2.05) is 19.2 Å². The number of halogens is 1. The second-order valence-corrected chi connectivity index (χ2v) is 6.36. The molecule has 0 atom stereocenters. The Morgan fingerprint density at radius 1 is 1.14 bits per heavy atom. The van der Waals surface area contributed by atoms with E-state index in [0.717, 1.165) is 37.2 Å². The molecule has 1 aromatic rings. The molecule has 0 aliphatic heterocycles. The Morgan fingerprint density at radius 2 is 1.86 bits per heavy atom. The molecule has 4 heteroatoms. The quantitative estimate of drug-likeness (QED) is 0.756. The van der Waals surface area contributed by atoms with Gasteiger partial charge in [-0.15, -0.1) is 0 Å². The van der Waals surface area contributed by atoms with Crippen molar-refractivity contribution in [1.29, 1.82) is 0 Å². The molecule has 0 saturated carbocycles. The van der Waals surface area contributed by atoms with Gasteiger partial charge in [0.15, 0.2) is 0 Å². The normalized spacial score (nSPS) is 11.9. The first kappa shape index (κ1) is 18.1. The molecule has 0 fully saturated rings. The zero-order chi connectivity index (χ0) is 15.8. The monoisotopic (exact) mass is 295 g/mol. The predicted molar refractivity (Wildman–Crippen MR) is 87.9 cm³/mol. The zero-order valence-electron chi connectivity index (χ0n) is 14.1. The van der Waals surface area contributed by atoms with Crippen LogP contribution in [-0.4, -0.2) is 50.1 Å². The molecule has 0 aliphatic carbocycles. The van der Waals surface area contributed by atoms with Crippen molar-refractivity contribution in [3.05, 3.63) is 35.1 Å². The maximum absolute atomic E-state index is 13.9. The fourth-order valence-corrected chi connectivity index (χ4v) is 2.21. The van der Waals surface area contributed by atoms with Gasteiger partial charge in [0, 0.05) is 24.7 Å². The summed E-state index contributed by atoms with van der Waals surface area (Å²) in [5, 5.41) is 3.37. The lowest BCUT2D eigenvalue weighted by Gasteiger charge is -2.19. The summed E-state index contributed by atoms with van der Waals surface area (Å²) in [6, 6.07) is 5.86. The van der Waals surface area contributed by atoms with Gasteiger partial charge in [0.1, 0.15) is 5.82 Å². The third-order valence-electron chi connectivity index (χ3n) is 3.41. The van der Waals surface area contributed by atoms with Crippen LogP contribution in [0.25, 0.3) is 0 Å². The van der Waals surface area contributed by atoms with Crippen molar-refractivity contribution in [3.63, 3.8) is 0 Å². The standard InChI is InChI=1S/C17H30FN3/c1-14(2)19-12-15-7-8-17(18)16(11-15)13-21(5)10-6-9-20(3)4/h7-8,11,14,19H,6,9-10,12-13H2,1-5H3. The van der Waals surface area contributed by atoms with Crippen LogP contribution < -0.4 is 5.32 Å². The minimum atomic E-state index is -0.109. The maximum Gasteiger partial charge on any atom is 0.127 e. The highest BCUT2D eigenvalue weighted by molar-refractivity contribution is 5.25. The van der Waals surface area contributed by atoms with Gasteiger partial charge in [-0.25, -0.2) is 4.39 Å². The molecule has 1 rings (SSSR count). The number of rotatable bonds is 9. The van der Waals surface area contributed by atoms with Gasteiger partial charge in [-0.05, 0) is 52.3 Å². The molecule has 120 valence electrons. The molecular formula is C17H30FN3. The van der Waals surface area contributed by atoms with Gasteiger partial charge in [0.05, 0.1) is 0 Å². The summed E-state index contributed by atoms with van der Waals surface area (Å²) in [5.41, 5.74) is 1.92. The van der Waals surface area contributed by atoms with Crippen molar-refractivity contribution in [2.45, 2.75) is 39.4 Å². The highest BCUT2D eigenvalue weighted by Crippen LogP contribution is 2.13. The van der Waals surface area contributed by atoms with Crippen molar-refractivity contribution in [2.75, 3.05) is 34.2 Å². The van der Waals surface area contributed by atoms with Crippen molar-refractivity contribution in [1.82, 2.24) is 15.1 Å². The van der Waals surface area contributed by atoms with Crippen LogP contribution in [-0.2, 0) is 13.1 Å². The fourth-order valence-electron chi connectivity index (χ4n) is 2.21. The second-order valence-electron chi connectivity index (χ2n) is 6.36. The van der Waals surface area contributed by atoms with Gasteiger partial charge < -0.3 is 15.1 Å². The molecule has 0 aliphatic rings. The molecule has 0 aromatic heterocycles. The Hall–Kier alpha value is -0.970. The highest BCUT2D eigenvalue weighted by Gasteiger charge is 2.07. The lowest BCUT2D eigenvalue weighted by Crippen LogP contribution is -2.24. The van der Waals surface area contributed by atoms with E-state index >= 15 is 0 Å². The number of nitrogens with zero attached hydrogens (tertiary/aromatic N) is 2. The van der Waals surface area contributed by atoms with Crippen LogP contribution in [0.15, 0.2) is 18.2 Å². The van der Waals surface area contributed by atoms with E-state index in [2.05, 4.69) is 43.1 Å². The molecule has 21 heavy (non-hydrogen) atoms. The molecule has 0 saturated heterocycles. The minimum Gasteiger partial charge on any atom is -0.310 e. The molecule has 0 spiro atoms. The van der Waals surface area contributed by atoms with E-state index in [1.54, 1.807) is 6.07 Å². The summed E-state index contributed by atoms with van der Waals surface area (Å²) in [5.74, 6) is -0.109. The lowest BCUT2D eigenvalue weighted by molar-refractivity contribution is 0.291. The molecule has 0 heterocycles. The van der Waals surface area contributed by atoms with Gasteiger partial charge in [-0.2, -0.15) is 0 Å². The predicted octanol–water partition coefficient (Wildman–Crippen LogP) is 2.71. The maximum atomic E-state index is 13.9. The van der Waals surface area contributed by atoms with Gasteiger partial charge >= 0.3 is 0 Å². The summed E-state index contributed by atoms with van der Waals surface area (Å²) in [6.07, 6.45) is 1.10. The molecule has 3 nitrogen and oxygen atoms in total. The average Bonchev–Trinajstić information content (AvgIpc) is 2.39. The van der Waals surface area contributed by atoms with E-state index in [4.69, 9.17) is 0 Å². The van der Waals surface area contributed by atoms with Crippen LogP contribution in [0.3, 0.4) is 0 Å². The Bertz CT molecular complexity index is 418. The van der Waals surface area contributed by atoms with Crippen LogP contribution in [0.5, 0.6) is 0 Å². The third-order valence-corrected chi connectivity index (χ3v) is 3.41. The van der Waals surface area contributed by atoms with Crippen LogP contribution >= 0.6 is 0 Å². The summed E-state index contributed by atoms with van der Waals surface area (Å²) in [7, 11) is 6.20. The minimum absolute atomic E-state index is 0.109. The number of benzene rings is 1. The van der Waals surface area contributed by atoms with Crippen molar-refractivity contribution >= 4 is 0 Å². The summed E-state index contributed by atoms with van der Waals surface area (Å²) in [4.78, 5) is 4.36. The van der Waals surface area contributed by atoms with E-state index in [-0.39, 0.29) is 5.82 Å². The SMILES string of the molecule is CC(C)NCc1ccc(F)c(CN(C)CCCN(C)C)c1. The molecule has 0 bridgehead atoms. The van der Waals surface area contributed by atoms with Crippen molar-refractivity contribution in [3.8, 4) is 0 Å². The molecule has 1 aromatic carbocycles. The Balaban J connectivity index is 2.54. The van der Waals surface area contributed by atoms with Crippen molar-refractivity contribution < 1.29 is 4.39 Å². The number of hydrogen-bond acceptors (Lipinski definition) is 3. The van der Waals surface area contributed by atoms with Crippen LogP contribution in [0.4, 0.5) is 4.39 Å².